The third kappa shape index (κ3) is 4.47. The molecule has 1 aromatic heterocycles. The van der Waals surface area contributed by atoms with Gasteiger partial charge in [-0.05, 0) is 54.1 Å². The minimum atomic E-state index is -0.847. The Balaban J connectivity index is 1.40. The first-order valence-electron chi connectivity index (χ1n) is 12.0. The Bertz CT molecular complexity index is 1650. The number of carbonyl (C=O) groups excluding carboxylic acids is 3. The van der Waals surface area contributed by atoms with Gasteiger partial charge in [0.1, 0.15) is 23.4 Å². The van der Waals surface area contributed by atoms with Crippen LogP contribution < -0.4 is 15.1 Å². The summed E-state index contributed by atoms with van der Waals surface area (Å²) in [5.41, 5.74) is 1.40. The topological polar surface area (TPSA) is 88.5 Å². The molecule has 1 fully saturated rings. The van der Waals surface area contributed by atoms with Crippen molar-refractivity contribution in [3.8, 4) is 0 Å². The Morgan fingerprint density at radius 3 is 2.15 bits per heavy atom. The fraction of sp³-hybridized carbons (Fsp3) is 0.143. The number of hydrogen-bond acceptors (Lipinski definition) is 6. The molecule has 0 radical (unpaired) electrons. The Morgan fingerprint density at radius 2 is 1.49 bits per heavy atom. The lowest BCUT2D eigenvalue weighted by atomic mass is 9.83. The van der Waals surface area contributed by atoms with Gasteiger partial charge in [0.2, 0.25) is 17.7 Å². The predicted molar refractivity (Wildman–Crippen MR) is 144 cm³/mol. The molecule has 1 N–H and O–H groups in total. The summed E-state index contributed by atoms with van der Waals surface area (Å²) < 4.78 is 28.3. The van der Waals surface area contributed by atoms with Crippen LogP contribution in [-0.2, 0) is 20.9 Å². The number of halogens is 2. The second-order valence-electron chi connectivity index (χ2n) is 9.12. The van der Waals surface area contributed by atoms with Gasteiger partial charge in [0.05, 0.1) is 16.6 Å². The van der Waals surface area contributed by atoms with Crippen molar-refractivity contribution in [2.75, 3.05) is 10.2 Å². The van der Waals surface area contributed by atoms with Crippen molar-refractivity contribution in [2.24, 2.45) is 5.92 Å². The molecule has 0 spiro atoms. The Hall–Kier alpha value is -4.09. The lowest BCUT2D eigenvalue weighted by molar-refractivity contribution is -0.122. The SMILES string of the molecule is O=C(Cn1c2c(sc1=O)[C@H](c1ccc(F)cc1)C1C(=O)N(c3ccccc3)C(=O)C1S2)Nc1ccc(F)cc1. The number of benzene rings is 3. The number of para-hydroxylation sites is 1. The van der Waals surface area contributed by atoms with E-state index in [0.29, 0.717) is 26.8 Å². The maximum Gasteiger partial charge on any atom is 0.308 e. The van der Waals surface area contributed by atoms with Gasteiger partial charge >= 0.3 is 4.87 Å². The number of hydrogen-bond donors (Lipinski definition) is 1. The molecule has 4 aromatic rings. The van der Waals surface area contributed by atoms with Crippen molar-refractivity contribution < 1.29 is 23.2 Å². The third-order valence-electron chi connectivity index (χ3n) is 6.72. The number of imide groups is 1. The number of anilines is 2. The molecule has 11 heteroatoms. The molecule has 2 aliphatic rings. The van der Waals surface area contributed by atoms with E-state index in [0.717, 1.165) is 23.1 Å². The minimum absolute atomic E-state index is 0.340. The van der Waals surface area contributed by atoms with Gasteiger partial charge in [-0.15, -0.1) is 0 Å². The summed E-state index contributed by atoms with van der Waals surface area (Å²) >= 11 is 2.00. The Morgan fingerprint density at radius 1 is 0.846 bits per heavy atom. The zero-order valence-corrected chi connectivity index (χ0v) is 21.7. The standard InChI is InChI=1S/C28H19F2N3O4S2/c29-16-8-6-15(7-9-16)21-22-23(26(36)33(25(22)35)19-4-2-1-3-5-19)38-27-24(21)39-28(37)32(27)14-20(34)31-18-12-10-17(30)11-13-18/h1-13,21-23H,14H2,(H,31,34)/t21-,22?,23?/m1/s1. The molecule has 1 saturated heterocycles. The van der Waals surface area contributed by atoms with Gasteiger partial charge in [-0.25, -0.2) is 13.7 Å². The lowest BCUT2D eigenvalue weighted by Gasteiger charge is -2.30. The van der Waals surface area contributed by atoms with Gasteiger partial charge in [0, 0.05) is 16.5 Å². The van der Waals surface area contributed by atoms with Gasteiger partial charge < -0.3 is 5.32 Å². The number of thioether (sulfide) groups is 1. The quantitative estimate of drug-likeness (QED) is 0.358. The number of carbonyl (C=O) groups is 3. The first kappa shape index (κ1) is 25.2. The van der Waals surface area contributed by atoms with Gasteiger partial charge in [0.25, 0.3) is 0 Å². The summed E-state index contributed by atoms with van der Waals surface area (Å²) in [6.45, 7) is -0.340. The second kappa shape index (κ2) is 9.90. The lowest BCUT2D eigenvalue weighted by Crippen LogP contribution is -2.33. The highest BCUT2D eigenvalue weighted by Gasteiger charge is 2.56. The van der Waals surface area contributed by atoms with E-state index in [-0.39, 0.29) is 6.54 Å². The number of rotatable bonds is 5. The summed E-state index contributed by atoms with van der Waals surface area (Å²) in [5, 5.41) is 2.22. The van der Waals surface area contributed by atoms with Crippen LogP contribution in [0.5, 0.6) is 0 Å². The zero-order chi connectivity index (χ0) is 27.3. The van der Waals surface area contributed by atoms with E-state index in [1.54, 1.807) is 42.5 Å². The first-order chi connectivity index (χ1) is 18.8. The number of thiazole rings is 1. The molecular formula is C28H19F2N3O4S2. The fourth-order valence-corrected chi connectivity index (χ4v) is 7.77. The summed E-state index contributed by atoms with van der Waals surface area (Å²) in [7, 11) is 0. The summed E-state index contributed by atoms with van der Waals surface area (Å²) in [5.74, 6) is -3.73. The van der Waals surface area contributed by atoms with Gasteiger partial charge in [-0.2, -0.15) is 0 Å². The average molecular weight is 564 g/mol. The highest BCUT2D eigenvalue weighted by Crippen LogP contribution is 2.53. The molecule has 39 heavy (non-hydrogen) atoms. The summed E-state index contributed by atoms with van der Waals surface area (Å²) in [6.07, 6.45) is 0. The maximum atomic E-state index is 13.8. The molecular weight excluding hydrogens is 544 g/mol. The molecule has 3 amide bonds. The van der Waals surface area contributed by atoms with E-state index in [1.165, 1.54) is 45.9 Å². The molecule has 3 aromatic carbocycles. The van der Waals surface area contributed by atoms with E-state index in [4.69, 9.17) is 0 Å². The van der Waals surface area contributed by atoms with Crippen LogP contribution in [-0.4, -0.2) is 27.5 Å². The number of nitrogens with zero attached hydrogens (tertiary/aromatic N) is 2. The van der Waals surface area contributed by atoms with Crippen molar-refractivity contribution in [1.29, 1.82) is 0 Å². The first-order valence-corrected chi connectivity index (χ1v) is 13.7. The smallest absolute Gasteiger partial charge is 0.308 e. The van der Waals surface area contributed by atoms with Crippen molar-refractivity contribution in [3.63, 3.8) is 0 Å². The van der Waals surface area contributed by atoms with Crippen LogP contribution >= 0.6 is 23.1 Å². The van der Waals surface area contributed by atoms with E-state index in [9.17, 15) is 28.0 Å². The van der Waals surface area contributed by atoms with E-state index in [2.05, 4.69) is 5.32 Å². The molecule has 3 atom stereocenters. The van der Waals surface area contributed by atoms with E-state index >= 15 is 0 Å². The van der Waals surface area contributed by atoms with Crippen molar-refractivity contribution >= 4 is 52.2 Å². The number of aromatic nitrogens is 1. The van der Waals surface area contributed by atoms with Gasteiger partial charge in [-0.1, -0.05) is 53.4 Å². The number of nitrogens with one attached hydrogen (secondary N) is 1. The van der Waals surface area contributed by atoms with Crippen LogP contribution in [0.4, 0.5) is 20.2 Å². The third-order valence-corrected chi connectivity index (χ3v) is 9.33. The highest BCUT2D eigenvalue weighted by molar-refractivity contribution is 8.00. The summed E-state index contributed by atoms with van der Waals surface area (Å²) in [6, 6.07) is 19.5. The van der Waals surface area contributed by atoms with Crippen LogP contribution in [0.3, 0.4) is 0 Å². The summed E-state index contributed by atoms with van der Waals surface area (Å²) in [4.78, 5) is 54.6. The molecule has 0 saturated carbocycles. The largest absolute Gasteiger partial charge is 0.325 e. The van der Waals surface area contributed by atoms with Gasteiger partial charge in [0.15, 0.2) is 0 Å². The highest BCUT2D eigenvalue weighted by atomic mass is 32.2. The normalized spacial score (nSPS) is 20.1. The molecule has 0 aliphatic carbocycles. The maximum absolute atomic E-state index is 13.8. The van der Waals surface area contributed by atoms with E-state index < -0.39 is 51.3 Å². The molecule has 196 valence electrons. The molecule has 0 bridgehead atoms. The molecule has 2 aliphatic heterocycles. The number of amides is 3. The van der Waals surface area contributed by atoms with Crippen molar-refractivity contribution in [3.05, 3.63) is 111 Å². The van der Waals surface area contributed by atoms with Crippen molar-refractivity contribution in [2.45, 2.75) is 22.7 Å². The average Bonchev–Trinajstić information content (AvgIpc) is 3.37. The van der Waals surface area contributed by atoms with Crippen LogP contribution in [0, 0.1) is 17.6 Å². The fourth-order valence-electron chi connectivity index (χ4n) is 4.99. The van der Waals surface area contributed by atoms with Gasteiger partial charge in [-0.3, -0.25) is 23.7 Å². The number of fused-ring (bicyclic) bond motifs is 2. The van der Waals surface area contributed by atoms with Crippen LogP contribution in [0.25, 0.3) is 0 Å². The molecule has 7 nitrogen and oxygen atoms in total. The Kier molecular flexibility index (Phi) is 6.40. The zero-order valence-electron chi connectivity index (χ0n) is 20.0. The predicted octanol–water partition coefficient (Wildman–Crippen LogP) is 4.62. The minimum Gasteiger partial charge on any atom is -0.325 e. The van der Waals surface area contributed by atoms with Crippen molar-refractivity contribution in [1.82, 2.24) is 4.57 Å². The monoisotopic (exact) mass is 563 g/mol. The molecule has 6 rings (SSSR count). The molecule has 3 heterocycles. The van der Waals surface area contributed by atoms with Crippen LogP contribution in [0.15, 0.2) is 88.7 Å². The van der Waals surface area contributed by atoms with Crippen LogP contribution in [0.1, 0.15) is 16.4 Å². The molecule has 2 unspecified atom stereocenters. The Labute approximate surface area is 229 Å². The second-order valence-corrected chi connectivity index (χ2v) is 11.2. The van der Waals surface area contributed by atoms with Crippen LogP contribution in [0.2, 0.25) is 0 Å². The van der Waals surface area contributed by atoms with E-state index in [1.807, 2.05) is 0 Å².